The molecular formula is C22H28N2O4S. The first-order valence-electron chi connectivity index (χ1n) is 10.7. The summed E-state index contributed by atoms with van der Waals surface area (Å²) in [4.78, 5) is 25.7. The summed E-state index contributed by atoms with van der Waals surface area (Å²) in [5.41, 5.74) is -0.0827. The zero-order valence-electron chi connectivity index (χ0n) is 16.6. The molecule has 0 spiro atoms. The zero-order chi connectivity index (χ0) is 19.8. The summed E-state index contributed by atoms with van der Waals surface area (Å²) in [6, 6.07) is 5.35. The van der Waals surface area contributed by atoms with Crippen molar-refractivity contribution in [3.63, 3.8) is 0 Å². The van der Waals surface area contributed by atoms with E-state index in [1.807, 2.05) is 18.2 Å². The molecule has 4 saturated carbocycles. The van der Waals surface area contributed by atoms with Crippen LogP contribution in [0, 0.1) is 17.8 Å². The highest BCUT2D eigenvalue weighted by Crippen LogP contribution is 2.55. The molecule has 156 valence electrons. The number of imide groups is 1. The number of hydrogen-bond acceptors (Lipinski definition) is 5. The smallest absolute Gasteiger partial charge is 0.321 e. The average molecular weight is 417 g/mol. The highest BCUT2D eigenvalue weighted by atomic mass is 32.2. The molecule has 5 aliphatic rings. The quantitative estimate of drug-likeness (QED) is 0.732. The van der Waals surface area contributed by atoms with Crippen LogP contribution >= 0.6 is 11.8 Å². The van der Waals surface area contributed by atoms with Crippen molar-refractivity contribution >= 4 is 23.7 Å². The number of benzene rings is 1. The summed E-state index contributed by atoms with van der Waals surface area (Å²) in [7, 11) is 0. The molecule has 1 aliphatic heterocycles. The fraction of sp³-hybridized carbons (Fsp3) is 0.636. The van der Waals surface area contributed by atoms with Crippen molar-refractivity contribution in [3.05, 3.63) is 18.2 Å². The van der Waals surface area contributed by atoms with Crippen LogP contribution in [0.2, 0.25) is 0 Å². The second kappa shape index (κ2) is 7.74. The molecule has 0 radical (unpaired) electrons. The van der Waals surface area contributed by atoms with Crippen LogP contribution in [0.15, 0.2) is 23.1 Å². The monoisotopic (exact) mass is 416 g/mol. The average Bonchev–Trinajstić information content (AvgIpc) is 2.89. The number of carbonyl (C=O) groups excluding carboxylic acids is 2. The molecule has 0 unspecified atom stereocenters. The first-order valence-corrected chi connectivity index (χ1v) is 11.7. The summed E-state index contributed by atoms with van der Waals surface area (Å²) in [6.07, 6.45) is 8.07. The van der Waals surface area contributed by atoms with E-state index in [2.05, 4.69) is 10.6 Å². The minimum atomic E-state index is -0.337. The van der Waals surface area contributed by atoms with Gasteiger partial charge in [0.1, 0.15) is 0 Å². The Morgan fingerprint density at radius 3 is 2.34 bits per heavy atom. The third-order valence-electron chi connectivity index (χ3n) is 6.76. The molecule has 0 aromatic heterocycles. The normalized spacial score (nSPS) is 31.8. The van der Waals surface area contributed by atoms with Crippen molar-refractivity contribution in [2.75, 3.05) is 19.0 Å². The van der Waals surface area contributed by atoms with Crippen LogP contribution in [0.5, 0.6) is 11.5 Å². The summed E-state index contributed by atoms with van der Waals surface area (Å²) in [6.45, 7) is 1.28. The van der Waals surface area contributed by atoms with Gasteiger partial charge in [-0.15, -0.1) is 11.8 Å². The summed E-state index contributed by atoms with van der Waals surface area (Å²) in [5, 5.41) is 5.72. The van der Waals surface area contributed by atoms with Crippen molar-refractivity contribution in [3.8, 4) is 11.5 Å². The topological polar surface area (TPSA) is 76.7 Å². The van der Waals surface area contributed by atoms with Gasteiger partial charge in [-0.1, -0.05) is 0 Å². The Hall–Kier alpha value is -1.89. The van der Waals surface area contributed by atoms with Gasteiger partial charge in [0.2, 0.25) is 5.91 Å². The number of amides is 3. The van der Waals surface area contributed by atoms with Gasteiger partial charge in [-0.05, 0) is 74.5 Å². The van der Waals surface area contributed by atoms with Crippen molar-refractivity contribution < 1.29 is 19.1 Å². The summed E-state index contributed by atoms with van der Waals surface area (Å²) in [5.74, 6) is 3.64. The van der Waals surface area contributed by atoms with Crippen LogP contribution < -0.4 is 20.1 Å². The lowest BCUT2D eigenvalue weighted by Gasteiger charge is -2.56. The predicted octanol–water partition coefficient (Wildman–Crippen LogP) is 3.73. The number of ether oxygens (including phenoxy) is 2. The van der Waals surface area contributed by atoms with E-state index in [1.165, 1.54) is 31.0 Å². The van der Waals surface area contributed by atoms with E-state index < -0.39 is 0 Å². The molecule has 4 aliphatic carbocycles. The first kappa shape index (κ1) is 19.1. The zero-order valence-corrected chi connectivity index (χ0v) is 17.4. The van der Waals surface area contributed by atoms with Gasteiger partial charge in [-0.25, -0.2) is 4.79 Å². The third kappa shape index (κ3) is 4.20. The van der Waals surface area contributed by atoms with E-state index in [4.69, 9.17) is 9.47 Å². The lowest BCUT2D eigenvalue weighted by Crippen LogP contribution is -2.61. The van der Waals surface area contributed by atoms with Gasteiger partial charge in [-0.2, -0.15) is 0 Å². The second-order valence-corrected chi connectivity index (χ2v) is 10.2. The highest BCUT2D eigenvalue weighted by molar-refractivity contribution is 8.00. The molecule has 4 bridgehead atoms. The fourth-order valence-corrected chi connectivity index (χ4v) is 6.81. The minimum absolute atomic E-state index is 0.0827. The lowest BCUT2D eigenvalue weighted by atomic mass is 9.53. The molecule has 7 heteroatoms. The molecular weight excluding hydrogens is 388 g/mol. The Bertz CT molecular complexity index is 777. The van der Waals surface area contributed by atoms with E-state index in [0.29, 0.717) is 19.0 Å². The van der Waals surface area contributed by atoms with Crippen LogP contribution in [0.3, 0.4) is 0 Å². The molecule has 6 nitrogen and oxygen atoms in total. The van der Waals surface area contributed by atoms with Gasteiger partial charge >= 0.3 is 6.03 Å². The molecule has 1 heterocycles. The number of hydrogen-bond donors (Lipinski definition) is 2. The molecule has 6 rings (SSSR count). The van der Waals surface area contributed by atoms with Crippen LogP contribution in [0.4, 0.5) is 4.79 Å². The van der Waals surface area contributed by atoms with Crippen LogP contribution in [0.1, 0.15) is 44.9 Å². The number of urea groups is 1. The maximum Gasteiger partial charge on any atom is 0.321 e. The van der Waals surface area contributed by atoms with Gasteiger partial charge in [0.05, 0.1) is 19.0 Å². The second-order valence-electron chi connectivity index (χ2n) is 9.15. The molecule has 0 atom stereocenters. The lowest BCUT2D eigenvalue weighted by molar-refractivity contribution is -0.117. The van der Waals surface area contributed by atoms with E-state index in [-0.39, 0.29) is 23.2 Å². The Morgan fingerprint density at radius 2 is 1.66 bits per heavy atom. The van der Waals surface area contributed by atoms with Gasteiger partial charge < -0.3 is 14.8 Å². The van der Waals surface area contributed by atoms with Crippen LogP contribution in [0.25, 0.3) is 0 Å². The fourth-order valence-electron chi connectivity index (χ4n) is 6.08. The SMILES string of the molecule is O=C(CSc1ccc2c(c1)OCCCO2)NC(=O)NC12CC3CC(CC(C3)C1)C2. The van der Waals surface area contributed by atoms with E-state index in [9.17, 15) is 9.59 Å². The van der Waals surface area contributed by atoms with E-state index in [0.717, 1.165) is 54.1 Å². The van der Waals surface area contributed by atoms with E-state index >= 15 is 0 Å². The van der Waals surface area contributed by atoms with Crippen molar-refractivity contribution in [2.45, 2.75) is 55.4 Å². The van der Waals surface area contributed by atoms with Gasteiger partial charge in [-0.3, -0.25) is 10.1 Å². The Morgan fingerprint density at radius 1 is 1.00 bits per heavy atom. The number of nitrogens with one attached hydrogen (secondary N) is 2. The molecule has 3 amide bonds. The molecule has 1 aromatic rings. The molecule has 2 N–H and O–H groups in total. The molecule has 1 aromatic carbocycles. The van der Waals surface area contributed by atoms with Gasteiger partial charge in [0.15, 0.2) is 11.5 Å². The van der Waals surface area contributed by atoms with Crippen LogP contribution in [-0.4, -0.2) is 36.4 Å². The first-order chi connectivity index (χ1) is 14.1. The van der Waals surface area contributed by atoms with Crippen molar-refractivity contribution in [2.24, 2.45) is 17.8 Å². The van der Waals surface area contributed by atoms with E-state index in [1.54, 1.807) is 0 Å². The van der Waals surface area contributed by atoms with Crippen molar-refractivity contribution in [1.29, 1.82) is 0 Å². The van der Waals surface area contributed by atoms with Gasteiger partial charge in [0.25, 0.3) is 0 Å². The number of fused-ring (bicyclic) bond motifs is 1. The Kier molecular flexibility index (Phi) is 5.10. The summed E-state index contributed by atoms with van der Waals surface area (Å²) >= 11 is 1.39. The maximum absolute atomic E-state index is 12.5. The van der Waals surface area contributed by atoms with Crippen LogP contribution in [-0.2, 0) is 4.79 Å². The largest absolute Gasteiger partial charge is 0.490 e. The number of rotatable bonds is 4. The number of thioether (sulfide) groups is 1. The number of carbonyl (C=O) groups is 2. The molecule has 4 fully saturated rings. The standard InChI is InChI=1S/C22H28N2O4S/c25-20(13-29-17-2-3-18-19(9-17)28-5-1-4-27-18)23-21(26)24-22-10-14-6-15(11-22)8-16(7-14)12-22/h2-3,9,14-16H,1,4-8,10-13H2,(H2,23,24,25,26). The van der Waals surface area contributed by atoms with Gasteiger partial charge in [0, 0.05) is 16.9 Å². The highest BCUT2D eigenvalue weighted by Gasteiger charge is 2.51. The molecule has 29 heavy (non-hydrogen) atoms. The maximum atomic E-state index is 12.5. The Labute approximate surface area is 175 Å². The third-order valence-corrected chi connectivity index (χ3v) is 7.75. The molecule has 0 saturated heterocycles. The Balaban J connectivity index is 1.12. The predicted molar refractivity (Wildman–Crippen MR) is 110 cm³/mol. The van der Waals surface area contributed by atoms with Crippen molar-refractivity contribution in [1.82, 2.24) is 10.6 Å². The summed E-state index contributed by atoms with van der Waals surface area (Å²) < 4.78 is 11.3. The minimum Gasteiger partial charge on any atom is -0.490 e.